The van der Waals surface area contributed by atoms with E-state index in [1.54, 1.807) is 55.7 Å². The summed E-state index contributed by atoms with van der Waals surface area (Å²) < 4.78 is 6.99. The van der Waals surface area contributed by atoms with Crippen molar-refractivity contribution in [3.8, 4) is 5.69 Å². The van der Waals surface area contributed by atoms with Gasteiger partial charge < -0.3 is 4.74 Å². The van der Waals surface area contributed by atoms with E-state index in [1.165, 1.54) is 18.1 Å². The highest BCUT2D eigenvalue weighted by Crippen LogP contribution is 2.23. The van der Waals surface area contributed by atoms with Gasteiger partial charge in [-0.3, -0.25) is 14.2 Å². The number of hydrogen-bond acceptors (Lipinski definition) is 8. The number of rotatable bonds is 15. The summed E-state index contributed by atoms with van der Waals surface area (Å²) in [6.07, 6.45) is 12.4. The van der Waals surface area contributed by atoms with Gasteiger partial charge in [0.15, 0.2) is 10.9 Å². The molecule has 0 radical (unpaired) electrons. The van der Waals surface area contributed by atoms with Gasteiger partial charge in [-0.25, -0.2) is 14.8 Å². The molecule has 0 fully saturated rings. The van der Waals surface area contributed by atoms with Gasteiger partial charge in [-0.1, -0.05) is 42.6 Å². The van der Waals surface area contributed by atoms with E-state index < -0.39 is 0 Å². The average molecular weight is 605 g/mol. The quantitative estimate of drug-likeness (QED) is 0.0482. The molecular formula is C32H33ClN4O4S. The van der Waals surface area contributed by atoms with Gasteiger partial charge in [0.1, 0.15) is 6.33 Å². The molecule has 0 amide bonds. The highest BCUT2D eigenvalue weighted by atomic mass is 35.5. The van der Waals surface area contributed by atoms with E-state index in [-0.39, 0.29) is 17.3 Å². The molecule has 0 bridgehead atoms. The van der Waals surface area contributed by atoms with Crippen LogP contribution in [0.25, 0.3) is 5.69 Å². The molecule has 0 saturated carbocycles. The Morgan fingerprint density at radius 2 is 1.57 bits per heavy atom. The number of nitrogens with zero attached hydrogens (tertiary/aromatic N) is 4. The van der Waals surface area contributed by atoms with E-state index in [2.05, 4.69) is 15.0 Å². The molecule has 0 spiro atoms. The third-order valence-corrected chi connectivity index (χ3v) is 7.86. The van der Waals surface area contributed by atoms with Crippen molar-refractivity contribution in [1.82, 2.24) is 19.5 Å². The molecule has 0 atom stereocenters. The van der Waals surface area contributed by atoms with Crippen LogP contribution in [0, 0.1) is 0 Å². The standard InChI is InChI=1S/C32H33ClN4O4S/c1-2-41-31(40)25-11-15-28(16-12-25)37-21-26(18-23-19-34-22-35-20-23)30(39)36-32(37)42-17-7-5-3-4-6-8-29(38)24-9-13-27(33)14-10-24/h9-16,19-22H,2-8,17-18H2,1H3. The Morgan fingerprint density at radius 3 is 2.29 bits per heavy atom. The van der Waals surface area contributed by atoms with Crippen LogP contribution in [0.1, 0.15) is 77.3 Å². The molecule has 10 heteroatoms. The van der Waals surface area contributed by atoms with Crippen molar-refractivity contribution in [3.05, 3.63) is 111 Å². The van der Waals surface area contributed by atoms with Crippen LogP contribution in [0.4, 0.5) is 0 Å². The minimum absolute atomic E-state index is 0.143. The number of ether oxygens (including phenoxy) is 1. The zero-order valence-electron chi connectivity index (χ0n) is 23.5. The predicted molar refractivity (Wildman–Crippen MR) is 165 cm³/mol. The van der Waals surface area contributed by atoms with Gasteiger partial charge in [0.2, 0.25) is 0 Å². The van der Waals surface area contributed by atoms with E-state index in [9.17, 15) is 14.4 Å². The first-order valence-corrected chi connectivity index (χ1v) is 15.4. The predicted octanol–water partition coefficient (Wildman–Crippen LogP) is 6.76. The molecule has 42 heavy (non-hydrogen) atoms. The fourth-order valence-corrected chi connectivity index (χ4v) is 5.46. The van der Waals surface area contributed by atoms with Crippen molar-refractivity contribution >= 4 is 35.1 Å². The Morgan fingerprint density at radius 1 is 0.905 bits per heavy atom. The van der Waals surface area contributed by atoms with Gasteiger partial charge in [0.05, 0.1) is 12.2 Å². The topological polar surface area (TPSA) is 104 Å². The first kappa shape index (κ1) is 31.1. The lowest BCUT2D eigenvalue weighted by molar-refractivity contribution is 0.0526. The Balaban J connectivity index is 1.35. The first-order chi connectivity index (χ1) is 20.4. The maximum atomic E-state index is 13.0. The summed E-state index contributed by atoms with van der Waals surface area (Å²) in [4.78, 5) is 49.9. The van der Waals surface area contributed by atoms with Crippen LogP contribution in [0.2, 0.25) is 5.02 Å². The van der Waals surface area contributed by atoms with Crippen LogP contribution in [-0.4, -0.2) is 43.6 Å². The van der Waals surface area contributed by atoms with Crippen LogP contribution >= 0.6 is 23.4 Å². The third-order valence-electron chi connectivity index (χ3n) is 6.57. The second kappa shape index (κ2) is 16.0. The molecule has 0 saturated heterocycles. The van der Waals surface area contributed by atoms with Crippen molar-refractivity contribution in [3.63, 3.8) is 0 Å². The van der Waals surface area contributed by atoms with Crippen molar-refractivity contribution in [2.45, 2.75) is 57.0 Å². The minimum Gasteiger partial charge on any atom is -0.462 e. The Kier molecular flexibility index (Phi) is 11.8. The van der Waals surface area contributed by atoms with E-state index in [0.717, 1.165) is 49.1 Å². The maximum absolute atomic E-state index is 13.0. The summed E-state index contributed by atoms with van der Waals surface area (Å²) in [5.41, 5.74) is 3.00. The second-order valence-electron chi connectivity index (χ2n) is 9.71. The molecule has 4 rings (SSSR count). The van der Waals surface area contributed by atoms with Gasteiger partial charge >= 0.3 is 5.97 Å². The smallest absolute Gasteiger partial charge is 0.338 e. The van der Waals surface area contributed by atoms with Crippen LogP contribution in [0.3, 0.4) is 0 Å². The highest BCUT2D eigenvalue weighted by molar-refractivity contribution is 7.99. The summed E-state index contributed by atoms with van der Waals surface area (Å²) in [5.74, 6) is 0.559. The number of halogens is 1. The molecule has 0 unspecified atom stereocenters. The minimum atomic E-state index is -0.379. The number of carbonyl (C=O) groups excluding carboxylic acids is 2. The SMILES string of the molecule is CCOC(=O)c1ccc(-n2cc(Cc3cncnc3)c(=O)nc2SCCCCCCCC(=O)c2ccc(Cl)cc2)cc1. The Bertz CT molecular complexity index is 1530. The Labute approximate surface area is 254 Å². The van der Waals surface area contributed by atoms with Gasteiger partial charge in [0.25, 0.3) is 5.56 Å². The molecule has 218 valence electrons. The summed E-state index contributed by atoms with van der Waals surface area (Å²) in [6.45, 7) is 2.07. The Hall–Kier alpha value is -3.82. The lowest BCUT2D eigenvalue weighted by Crippen LogP contribution is -2.19. The summed E-state index contributed by atoms with van der Waals surface area (Å²) >= 11 is 7.43. The van der Waals surface area contributed by atoms with Crippen LogP contribution in [0.15, 0.2) is 83.4 Å². The zero-order chi connectivity index (χ0) is 29.7. The highest BCUT2D eigenvalue weighted by Gasteiger charge is 2.13. The molecule has 4 aromatic rings. The van der Waals surface area contributed by atoms with Crippen molar-refractivity contribution in [1.29, 1.82) is 0 Å². The molecule has 8 nitrogen and oxygen atoms in total. The number of aromatic nitrogens is 4. The normalized spacial score (nSPS) is 10.9. The van der Waals surface area contributed by atoms with E-state index in [0.29, 0.717) is 46.3 Å². The molecule has 0 aliphatic rings. The van der Waals surface area contributed by atoms with E-state index >= 15 is 0 Å². The lowest BCUT2D eigenvalue weighted by atomic mass is 10.0. The van der Waals surface area contributed by atoms with Gasteiger partial charge in [-0.05, 0) is 73.9 Å². The van der Waals surface area contributed by atoms with E-state index in [4.69, 9.17) is 16.3 Å². The van der Waals surface area contributed by atoms with Crippen molar-refractivity contribution < 1.29 is 14.3 Å². The van der Waals surface area contributed by atoms with Crippen molar-refractivity contribution in [2.24, 2.45) is 0 Å². The summed E-state index contributed by atoms with van der Waals surface area (Å²) in [6, 6.07) is 14.1. The maximum Gasteiger partial charge on any atom is 0.338 e. The van der Waals surface area contributed by atoms with Crippen molar-refractivity contribution in [2.75, 3.05) is 12.4 Å². The molecule has 0 aliphatic heterocycles. The van der Waals surface area contributed by atoms with Crippen LogP contribution in [-0.2, 0) is 11.2 Å². The largest absolute Gasteiger partial charge is 0.462 e. The first-order valence-electron chi connectivity index (χ1n) is 14.0. The molecule has 2 heterocycles. The van der Waals surface area contributed by atoms with Gasteiger partial charge in [0, 0.05) is 59.0 Å². The molecule has 0 N–H and O–H groups in total. The molecule has 2 aromatic carbocycles. The fraction of sp³-hybridized carbons (Fsp3) is 0.312. The van der Waals surface area contributed by atoms with Gasteiger partial charge in [-0.2, -0.15) is 4.98 Å². The number of ketones is 1. The number of benzene rings is 2. The van der Waals surface area contributed by atoms with E-state index in [1.807, 2.05) is 22.9 Å². The number of esters is 1. The summed E-state index contributed by atoms with van der Waals surface area (Å²) in [5, 5.41) is 1.22. The second-order valence-corrected chi connectivity index (χ2v) is 11.2. The van der Waals surface area contributed by atoms with Crippen LogP contribution < -0.4 is 5.56 Å². The molecule has 0 aliphatic carbocycles. The molecular weight excluding hydrogens is 572 g/mol. The molecule has 2 aromatic heterocycles. The zero-order valence-corrected chi connectivity index (χ0v) is 25.1. The fourth-order valence-electron chi connectivity index (χ4n) is 4.36. The number of unbranched alkanes of at least 4 members (excludes halogenated alkanes) is 4. The number of thioether (sulfide) groups is 1. The third kappa shape index (κ3) is 9.09. The summed E-state index contributed by atoms with van der Waals surface area (Å²) in [7, 11) is 0. The number of carbonyl (C=O) groups is 2. The van der Waals surface area contributed by atoms with Gasteiger partial charge in [-0.15, -0.1) is 0 Å². The number of Topliss-reactive ketones (excluding diaryl/α,β-unsaturated/α-hetero) is 1. The average Bonchev–Trinajstić information content (AvgIpc) is 3.00. The lowest BCUT2D eigenvalue weighted by Gasteiger charge is -2.14. The van der Waals surface area contributed by atoms with Crippen LogP contribution in [0.5, 0.6) is 0 Å². The monoisotopic (exact) mass is 604 g/mol. The number of hydrogen-bond donors (Lipinski definition) is 0.